The van der Waals surface area contributed by atoms with Gasteiger partial charge in [0.15, 0.2) is 23.3 Å². The van der Waals surface area contributed by atoms with Gasteiger partial charge in [-0.15, -0.1) is 0 Å². The van der Waals surface area contributed by atoms with Crippen LogP contribution in [0, 0.1) is 0 Å². The van der Waals surface area contributed by atoms with E-state index in [9.17, 15) is 19.2 Å². The Morgan fingerprint density at radius 1 is 0.606 bits per heavy atom. The lowest BCUT2D eigenvalue weighted by molar-refractivity contribution is 0.0223. The third-order valence-electron chi connectivity index (χ3n) is 11.9. The molecule has 0 unspecified atom stereocenters. The molecule has 10 rings (SSSR count). The number of nitrogens with zero attached hydrogens (tertiary/aromatic N) is 13. The number of hydrogen-bond acceptors (Lipinski definition) is 16. The van der Waals surface area contributed by atoms with Crippen LogP contribution >= 0.6 is 38.6 Å². The molecule has 6 aliphatic rings. The smallest absolute Gasteiger partial charge is 0.410 e. The standard InChI is InChI=1S/C23H30N8O3.C14H13ClN6O.C9H18N2O2.2H2S/c1-23(2,3)34-22(33)29-12-10-28(11-13-29)19-5-4-17-20(27-19)31(16-6-9-30(17)15-16)21(32)26-18-14-24-7-8-25-18;15-11-2-1-10-13(18-11)21(9-3-6-20(10)8-9)14(22)19-12-7-16-4-5-17-12;1-9(2,3)13-8(12)11-6-4-10-5-7-11;;/h4-5,7-8,14,16H,6,9-13,15H2,1-3H3,(H,25,26,32);1-2,4-5,7,9H,3,6,8H2,(H,17,19,22);10H,4-7H2,1-3H3;2*1H2/t16-;9-;;;/m00.../s1. The van der Waals surface area contributed by atoms with Gasteiger partial charge in [-0.05, 0) is 78.6 Å². The molecular weight excluding hydrogens is 972 g/mol. The van der Waals surface area contributed by atoms with E-state index < -0.39 is 5.60 Å². The molecule has 6 aliphatic heterocycles. The predicted octanol–water partition coefficient (Wildman–Crippen LogP) is 5.77. The van der Waals surface area contributed by atoms with Crippen LogP contribution in [0.4, 0.5) is 59.6 Å². The topological polar surface area (TPSA) is 223 Å². The molecule has 2 atom stereocenters. The summed E-state index contributed by atoms with van der Waals surface area (Å²) in [7, 11) is 0. The van der Waals surface area contributed by atoms with Crippen molar-refractivity contribution in [1.29, 1.82) is 0 Å². The fraction of sp³-hybridized carbons (Fsp3) is 0.522. The molecule has 3 N–H and O–H groups in total. The average molecular weight is 1040 g/mol. The molecule has 4 saturated heterocycles. The minimum Gasteiger partial charge on any atom is -0.444 e. The Hall–Kier alpha value is -6.11. The number of carbonyl (C=O) groups excluding carboxylic acids is 4. The number of anilines is 7. The SMILES string of the molecule is CC(C)(C)OC(=O)N1CCN(c2ccc3c(n2)N(C(=O)Nc2cnccn2)[C@H]2CCN3C2)CC1.CC(C)(C)OC(=O)N1CCNCC1.O=C(Nc1cnccn1)N1c2nc(Cl)ccc2N2CC[C@H]1C2.S.S. The summed E-state index contributed by atoms with van der Waals surface area (Å²) in [5.74, 6) is 2.87. The van der Waals surface area contributed by atoms with Crippen LogP contribution in [-0.2, 0) is 9.47 Å². The Bertz CT molecular complexity index is 2460. The lowest BCUT2D eigenvalue weighted by Crippen LogP contribution is -2.51. The highest BCUT2D eigenvalue weighted by atomic mass is 35.5. The highest BCUT2D eigenvalue weighted by Gasteiger charge is 2.42. The van der Waals surface area contributed by atoms with Crippen molar-refractivity contribution >= 4 is 103 Å². The van der Waals surface area contributed by atoms with Crippen molar-refractivity contribution in [3.8, 4) is 0 Å². The van der Waals surface area contributed by atoms with Crippen molar-refractivity contribution in [3.05, 3.63) is 66.6 Å². The van der Waals surface area contributed by atoms with Crippen molar-refractivity contribution in [2.24, 2.45) is 0 Å². The van der Waals surface area contributed by atoms with E-state index in [0.29, 0.717) is 54.6 Å². The third-order valence-corrected chi connectivity index (χ3v) is 12.1. The minimum atomic E-state index is -0.516. The van der Waals surface area contributed by atoms with Crippen LogP contribution in [-0.4, -0.2) is 166 Å². The van der Waals surface area contributed by atoms with E-state index in [2.05, 4.69) is 55.6 Å². The lowest BCUT2D eigenvalue weighted by Gasteiger charge is -2.38. The molecule has 384 valence electrons. The predicted molar refractivity (Wildman–Crippen MR) is 283 cm³/mol. The second kappa shape index (κ2) is 23.4. The molecule has 0 aliphatic carbocycles. The summed E-state index contributed by atoms with van der Waals surface area (Å²) in [5.41, 5.74) is 0.993. The Labute approximate surface area is 433 Å². The first-order valence-electron chi connectivity index (χ1n) is 23.3. The Morgan fingerprint density at radius 3 is 1.54 bits per heavy atom. The largest absolute Gasteiger partial charge is 0.444 e. The number of rotatable bonds is 3. The summed E-state index contributed by atoms with van der Waals surface area (Å²) in [5, 5.41) is 9.18. The van der Waals surface area contributed by atoms with Gasteiger partial charge in [-0.2, -0.15) is 27.0 Å². The quantitative estimate of drug-likeness (QED) is 0.207. The molecule has 4 aromatic heterocycles. The Balaban J connectivity index is 0.000000191. The summed E-state index contributed by atoms with van der Waals surface area (Å²) in [6, 6.07) is 7.33. The van der Waals surface area contributed by atoms with Gasteiger partial charge in [0.05, 0.1) is 35.9 Å². The highest BCUT2D eigenvalue weighted by molar-refractivity contribution is 7.59. The first-order chi connectivity index (χ1) is 33.0. The Morgan fingerprint density at radius 2 is 1.07 bits per heavy atom. The van der Waals surface area contributed by atoms with E-state index >= 15 is 0 Å². The first kappa shape index (κ1) is 54.2. The number of pyridine rings is 2. The summed E-state index contributed by atoms with van der Waals surface area (Å²) in [6.45, 7) is 20.3. The van der Waals surface area contributed by atoms with Crippen molar-refractivity contribution < 1.29 is 28.7 Å². The molecule has 6 amide bonds. The molecule has 4 aromatic rings. The number of amides is 6. The number of piperazine rings is 2. The van der Waals surface area contributed by atoms with Crippen LogP contribution in [0.15, 0.2) is 61.4 Å². The number of carbonyl (C=O) groups is 4. The summed E-state index contributed by atoms with van der Waals surface area (Å²) < 4.78 is 10.7. The molecule has 25 heteroatoms. The van der Waals surface area contributed by atoms with Gasteiger partial charge >= 0.3 is 24.2 Å². The second-order valence-corrected chi connectivity index (χ2v) is 19.6. The van der Waals surface area contributed by atoms with Gasteiger partial charge in [0.25, 0.3) is 0 Å². The summed E-state index contributed by atoms with van der Waals surface area (Å²) in [6.07, 6.45) is 10.5. The zero-order valence-electron chi connectivity index (χ0n) is 41.0. The highest BCUT2D eigenvalue weighted by Crippen LogP contribution is 2.41. The molecule has 0 radical (unpaired) electrons. The molecular formula is C46H65ClN16O6S2. The molecule has 10 heterocycles. The average Bonchev–Trinajstić information content (AvgIpc) is 3.94. The number of hydrogen-bond donors (Lipinski definition) is 3. The van der Waals surface area contributed by atoms with Crippen LogP contribution in [0.25, 0.3) is 0 Å². The van der Waals surface area contributed by atoms with Crippen molar-refractivity contribution in [2.75, 3.05) is 114 Å². The second-order valence-electron chi connectivity index (χ2n) is 19.2. The number of aromatic nitrogens is 6. The van der Waals surface area contributed by atoms with E-state index in [1.54, 1.807) is 44.3 Å². The fourth-order valence-corrected chi connectivity index (χ4v) is 8.91. The number of urea groups is 2. The Kier molecular flexibility index (Phi) is 17.9. The number of nitrogens with one attached hydrogen (secondary N) is 3. The maximum absolute atomic E-state index is 13.3. The summed E-state index contributed by atoms with van der Waals surface area (Å²) >= 11 is 6.01. The van der Waals surface area contributed by atoms with Crippen molar-refractivity contribution in [3.63, 3.8) is 0 Å². The molecule has 0 saturated carbocycles. The third kappa shape index (κ3) is 13.7. The van der Waals surface area contributed by atoms with Gasteiger partial charge in [-0.25, -0.2) is 39.1 Å². The monoisotopic (exact) mass is 1040 g/mol. The first-order valence-corrected chi connectivity index (χ1v) is 23.7. The fourth-order valence-electron chi connectivity index (χ4n) is 8.77. The van der Waals surface area contributed by atoms with E-state index in [-0.39, 0.29) is 68.9 Å². The van der Waals surface area contributed by atoms with Crippen molar-refractivity contribution in [2.45, 2.75) is 77.7 Å². The van der Waals surface area contributed by atoms with Crippen molar-refractivity contribution in [1.82, 2.24) is 45.0 Å². The van der Waals surface area contributed by atoms with E-state index in [1.165, 1.54) is 18.6 Å². The zero-order chi connectivity index (χ0) is 48.9. The van der Waals surface area contributed by atoms with Crippen LogP contribution in [0.1, 0.15) is 54.4 Å². The molecule has 4 fully saturated rings. The molecule has 4 bridgehead atoms. The van der Waals surface area contributed by atoms with E-state index in [0.717, 1.165) is 82.4 Å². The molecule has 0 spiro atoms. The number of halogens is 1. The van der Waals surface area contributed by atoms with Gasteiger partial charge in [0.1, 0.15) is 22.2 Å². The zero-order valence-corrected chi connectivity index (χ0v) is 43.7. The van der Waals surface area contributed by atoms with Gasteiger partial charge in [-0.3, -0.25) is 30.4 Å². The number of fused-ring (bicyclic) bond motifs is 8. The molecule has 0 aromatic carbocycles. The maximum atomic E-state index is 13.3. The minimum absolute atomic E-state index is 0. The summed E-state index contributed by atoms with van der Waals surface area (Å²) in [4.78, 5) is 88.9. The van der Waals surface area contributed by atoms with Crippen LogP contribution < -0.4 is 40.4 Å². The van der Waals surface area contributed by atoms with Crippen LogP contribution in [0.2, 0.25) is 5.15 Å². The molecule has 71 heavy (non-hydrogen) atoms. The maximum Gasteiger partial charge on any atom is 0.410 e. The number of ether oxygens (including phenoxy) is 2. The normalized spacial score (nSPS) is 18.7. The van der Waals surface area contributed by atoms with Crippen LogP contribution in [0.5, 0.6) is 0 Å². The van der Waals surface area contributed by atoms with Gasteiger partial charge in [-0.1, -0.05) is 11.6 Å². The van der Waals surface area contributed by atoms with E-state index in [4.69, 9.17) is 26.1 Å². The lowest BCUT2D eigenvalue weighted by atomic mass is 10.2. The van der Waals surface area contributed by atoms with Gasteiger partial charge in [0.2, 0.25) is 0 Å². The molecule has 22 nitrogen and oxygen atoms in total. The van der Waals surface area contributed by atoms with Crippen LogP contribution in [0.3, 0.4) is 0 Å². The van der Waals surface area contributed by atoms with Gasteiger partial charge in [0, 0.05) is 103 Å². The van der Waals surface area contributed by atoms with E-state index in [1.807, 2.05) is 59.7 Å². The van der Waals surface area contributed by atoms with Gasteiger partial charge < -0.3 is 39.3 Å².